The van der Waals surface area contributed by atoms with Gasteiger partial charge in [-0.25, -0.2) is 9.97 Å². The van der Waals surface area contributed by atoms with Gasteiger partial charge in [-0.15, -0.1) is 0 Å². The van der Waals surface area contributed by atoms with Crippen molar-refractivity contribution in [1.29, 1.82) is 0 Å². The number of aryl methyl sites for hydroxylation is 2. The van der Waals surface area contributed by atoms with Gasteiger partial charge in [-0.1, -0.05) is 0 Å². The molecule has 0 radical (unpaired) electrons. The Bertz CT molecular complexity index is 1210. The van der Waals surface area contributed by atoms with Gasteiger partial charge in [-0.2, -0.15) is 32.3 Å². The van der Waals surface area contributed by atoms with Gasteiger partial charge in [0.2, 0.25) is 0 Å². The number of amides is 1. The normalized spacial score (nSPS) is 16.6. The first-order valence-corrected chi connectivity index (χ1v) is 10.8. The molecule has 1 aliphatic heterocycles. The second kappa shape index (κ2) is 9.24. The van der Waals surface area contributed by atoms with E-state index in [0.717, 1.165) is 10.6 Å². The molecule has 4 rings (SSSR count). The number of imidazole rings is 1. The topological polar surface area (TPSA) is 103 Å². The van der Waals surface area contributed by atoms with Crippen molar-refractivity contribution in [2.75, 3.05) is 24.6 Å². The van der Waals surface area contributed by atoms with Gasteiger partial charge in [-0.05, 0) is 13.8 Å². The van der Waals surface area contributed by atoms with Crippen molar-refractivity contribution in [3.63, 3.8) is 0 Å². The molecule has 4 heterocycles. The van der Waals surface area contributed by atoms with E-state index in [2.05, 4.69) is 25.4 Å². The van der Waals surface area contributed by atoms with Crippen molar-refractivity contribution in [1.82, 2.24) is 34.6 Å². The van der Waals surface area contributed by atoms with Crippen LogP contribution in [0.2, 0.25) is 0 Å². The molecule has 35 heavy (non-hydrogen) atoms. The molecule has 0 unspecified atom stereocenters. The zero-order chi connectivity index (χ0) is 25.4. The van der Waals surface area contributed by atoms with E-state index in [4.69, 9.17) is 4.74 Å². The molecule has 1 amide bonds. The van der Waals surface area contributed by atoms with E-state index in [9.17, 15) is 22.4 Å². The Morgan fingerprint density at radius 2 is 1.89 bits per heavy atom. The van der Waals surface area contributed by atoms with E-state index in [1.165, 1.54) is 24.0 Å². The molecule has 0 atom stereocenters. The van der Waals surface area contributed by atoms with E-state index in [-0.39, 0.29) is 30.5 Å². The maximum absolute atomic E-state index is 13.8. The van der Waals surface area contributed by atoms with Crippen LogP contribution in [-0.2, 0) is 24.9 Å². The minimum absolute atomic E-state index is 0.0165. The third kappa shape index (κ3) is 4.70. The Labute approximate surface area is 197 Å². The molecule has 0 saturated carbocycles. The molecule has 1 fully saturated rings. The van der Waals surface area contributed by atoms with Crippen LogP contribution in [0.15, 0.2) is 24.9 Å². The first kappa shape index (κ1) is 24.6. The number of halogens is 4. The molecule has 0 bridgehead atoms. The maximum Gasteiger partial charge on any atom is 0.329 e. The van der Waals surface area contributed by atoms with E-state index in [1.54, 1.807) is 31.1 Å². The number of nitrogens with one attached hydrogen (secondary N) is 1. The zero-order valence-corrected chi connectivity index (χ0v) is 19.3. The van der Waals surface area contributed by atoms with Gasteiger partial charge < -0.3 is 19.5 Å². The third-order valence-electron chi connectivity index (χ3n) is 5.64. The van der Waals surface area contributed by atoms with Crippen LogP contribution < -0.4 is 10.2 Å². The Morgan fingerprint density at radius 1 is 1.17 bits per heavy atom. The highest BCUT2D eigenvalue weighted by Crippen LogP contribution is 2.42. The summed E-state index contributed by atoms with van der Waals surface area (Å²) in [6, 6.07) is 0. The number of carbonyl (C=O) groups is 1. The lowest BCUT2D eigenvalue weighted by atomic mass is 10.2. The first-order chi connectivity index (χ1) is 16.5. The molecule has 0 aromatic carbocycles. The van der Waals surface area contributed by atoms with Gasteiger partial charge in [0.05, 0.1) is 55.7 Å². The van der Waals surface area contributed by atoms with Crippen molar-refractivity contribution < 1.29 is 27.1 Å². The molecule has 3 aromatic rings. The number of rotatable bonds is 8. The molecule has 0 spiro atoms. The van der Waals surface area contributed by atoms with Crippen molar-refractivity contribution in [3.05, 3.63) is 47.4 Å². The number of hydrogen-bond donors (Lipinski definition) is 1. The van der Waals surface area contributed by atoms with Crippen molar-refractivity contribution in [3.8, 4) is 5.95 Å². The second-order valence-electron chi connectivity index (χ2n) is 8.17. The lowest BCUT2D eigenvalue weighted by Crippen LogP contribution is -2.38. The minimum atomic E-state index is -4.19. The lowest BCUT2D eigenvalue weighted by Gasteiger charge is -2.19. The van der Waals surface area contributed by atoms with Crippen LogP contribution in [-0.4, -0.2) is 66.7 Å². The smallest absolute Gasteiger partial charge is 0.329 e. The minimum Gasteiger partial charge on any atom is -0.375 e. The van der Waals surface area contributed by atoms with Gasteiger partial charge in [0.1, 0.15) is 5.82 Å². The summed E-state index contributed by atoms with van der Waals surface area (Å²) in [7, 11) is 1.80. The predicted molar refractivity (Wildman–Crippen MR) is 116 cm³/mol. The van der Waals surface area contributed by atoms with E-state index in [0.29, 0.717) is 17.9 Å². The van der Waals surface area contributed by atoms with Crippen molar-refractivity contribution >= 4 is 11.7 Å². The van der Waals surface area contributed by atoms with Crippen LogP contribution in [0.5, 0.6) is 0 Å². The maximum atomic E-state index is 13.8. The fourth-order valence-corrected chi connectivity index (χ4v) is 3.66. The van der Waals surface area contributed by atoms with Crippen LogP contribution in [0.3, 0.4) is 0 Å². The quantitative estimate of drug-likeness (QED) is 0.477. The van der Waals surface area contributed by atoms with Gasteiger partial charge in [0.25, 0.3) is 11.9 Å². The number of aromatic nitrogens is 6. The number of hydrogen-bond acceptors (Lipinski definition) is 7. The summed E-state index contributed by atoms with van der Waals surface area (Å²) in [6.07, 6.45) is 5.88. The molecule has 1 N–H and O–H groups in total. The molecular formula is C21H24F4N8O2. The molecule has 0 aliphatic carbocycles. The standard InChI is InChI=1S/C21H24F4N8O2/c1-4-35-9-16-15(18(34)27-7-14-6-26-12-31(14)3)8-29-33(16)19-28-5-13(2)17(30-19)32-10-20(22,23)21(24,25)11-32/h5-6,8,12H,4,7,9-11H2,1-3H3,(H,27,34). The fourth-order valence-electron chi connectivity index (χ4n) is 3.66. The number of carbonyl (C=O) groups excluding carboxylic acids is 1. The highest BCUT2D eigenvalue weighted by atomic mass is 19.3. The molecule has 1 saturated heterocycles. The van der Waals surface area contributed by atoms with Gasteiger partial charge >= 0.3 is 11.8 Å². The van der Waals surface area contributed by atoms with Crippen LogP contribution >= 0.6 is 0 Å². The second-order valence-corrected chi connectivity index (χ2v) is 8.17. The number of alkyl halides is 4. The average molecular weight is 496 g/mol. The summed E-state index contributed by atoms with van der Waals surface area (Å²) in [6.45, 7) is 1.51. The van der Waals surface area contributed by atoms with Crippen LogP contribution in [0, 0.1) is 6.92 Å². The van der Waals surface area contributed by atoms with Gasteiger partial charge in [0, 0.05) is 31.6 Å². The van der Waals surface area contributed by atoms with Crippen LogP contribution in [0.4, 0.5) is 23.4 Å². The fraction of sp³-hybridized carbons (Fsp3) is 0.476. The van der Waals surface area contributed by atoms with Crippen molar-refractivity contribution in [2.45, 2.75) is 38.8 Å². The zero-order valence-electron chi connectivity index (χ0n) is 19.3. The third-order valence-corrected chi connectivity index (χ3v) is 5.64. The summed E-state index contributed by atoms with van der Waals surface area (Å²) < 4.78 is 63.6. The van der Waals surface area contributed by atoms with Crippen LogP contribution in [0.1, 0.15) is 34.2 Å². The largest absolute Gasteiger partial charge is 0.375 e. The highest BCUT2D eigenvalue weighted by molar-refractivity contribution is 5.95. The SMILES string of the molecule is CCOCc1c(C(=O)NCc2cncn2C)cnn1-c1ncc(C)c(N2CC(F)(F)C(F)(F)C2)n1. The Morgan fingerprint density at radius 3 is 2.51 bits per heavy atom. The molecule has 10 nitrogen and oxygen atoms in total. The molecule has 188 valence electrons. The van der Waals surface area contributed by atoms with Crippen molar-refractivity contribution in [2.24, 2.45) is 7.05 Å². The number of ether oxygens (including phenoxy) is 1. The lowest BCUT2D eigenvalue weighted by molar-refractivity contribution is -0.172. The summed E-state index contributed by atoms with van der Waals surface area (Å²) in [4.78, 5) is 26.1. The highest BCUT2D eigenvalue weighted by Gasteiger charge is 2.63. The monoisotopic (exact) mass is 496 g/mol. The van der Waals surface area contributed by atoms with Crippen LogP contribution in [0.25, 0.3) is 5.95 Å². The number of anilines is 1. The Kier molecular flexibility index (Phi) is 6.49. The average Bonchev–Trinajstić information content (AvgIpc) is 3.46. The van der Waals surface area contributed by atoms with E-state index in [1.807, 2.05) is 0 Å². The Balaban J connectivity index is 1.64. The summed E-state index contributed by atoms with van der Waals surface area (Å²) in [5.41, 5.74) is 1.64. The van der Waals surface area contributed by atoms with E-state index < -0.39 is 30.8 Å². The number of nitrogens with zero attached hydrogens (tertiary/aromatic N) is 7. The Hall–Kier alpha value is -3.55. The predicted octanol–water partition coefficient (Wildman–Crippen LogP) is 2.26. The summed E-state index contributed by atoms with van der Waals surface area (Å²) in [5, 5.41) is 6.98. The summed E-state index contributed by atoms with van der Waals surface area (Å²) in [5.74, 6) is -8.93. The molecular weight excluding hydrogens is 472 g/mol. The molecule has 3 aromatic heterocycles. The van der Waals surface area contributed by atoms with Gasteiger partial charge in [-0.3, -0.25) is 4.79 Å². The summed E-state index contributed by atoms with van der Waals surface area (Å²) >= 11 is 0. The molecule has 14 heteroatoms. The first-order valence-electron chi connectivity index (χ1n) is 10.8. The van der Waals surface area contributed by atoms with Gasteiger partial charge in [0.15, 0.2) is 0 Å². The molecule has 1 aliphatic rings. The van der Waals surface area contributed by atoms with E-state index >= 15 is 0 Å².